The highest BCUT2D eigenvalue weighted by Gasteiger charge is 2.41. The first-order valence-electron chi connectivity index (χ1n) is 10.9. The molecule has 37 heavy (non-hydrogen) atoms. The zero-order valence-electron chi connectivity index (χ0n) is 19.3. The number of halogens is 3. The summed E-state index contributed by atoms with van der Waals surface area (Å²) in [6, 6.07) is 13.4. The van der Waals surface area contributed by atoms with Crippen LogP contribution < -0.4 is 14.7 Å². The number of benzene rings is 3. The number of hydrogen-bond donors (Lipinski definition) is 0. The molecule has 0 N–H and O–H groups in total. The fourth-order valence-corrected chi connectivity index (χ4v) is 5.68. The molecule has 1 unspecified atom stereocenters. The van der Waals surface area contributed by atoms with E-state index in [0.717, 1.165) is 23.1 Å². The molecule has 8 nitrogen and oxygen atoms in total. The molecule has 0 radical (unpaired) electrons. The Bertz CT molecular complexity index is 1440. The Balaban J connectivity index is 1.84. The number of methoxy groups -OCH3 is 1. The van der Waals surface area contributed by atoms with Crippen LogP contribution in [-0.2, 0) is 27.5 Å². The number of rotatable bonds is 5. The Hall–Kier alpha value is -3.90. The average molecular weight is 534 g/mol. The largest absolute Gasteiger partial charge is 0.548 e. The summed E-state index contributed by atoms with van der Waals surface area (Å²) >= 11 is 0. The molecule has 1 atom stereocenters. The van der Waals surface area contributed by atoms with Gasteiger partial charge in [-0.3, -0.25) is 4.79 Å². The lowest BCUT2D eigenvalue weighted by molar-refractivity contribution is -0.310. The van der Waals surface area contributed by atoms with Gasteiger partial charge in [-0.05, 0) is 48.0 Å². The lowest BCUT2D eigenvalue weighted by Crippen LogP contribution is -2.54. The van der Waals surface area contributed by atoms with Crippen molar-refractivity contribution in [1.29, 1.82) is 0 Å². The molecule has 0 saturated heterocycles. The van der Waals surface area contributed by atoms with Gasteiger partial charge in [0.15, 0.2) is 0 Å². The molecule has 0 bridgehead atoms. The van der Waals surface area contributed by atoms with E-state index in [4.69, 9.17) is 4.74 Å². The summed E-state index contributed by atoms with van der Waals surface area (Å²) in [4.78, 5) is 26.3. The minimum Gasteiger partial charge on any atom is -0.548 e. The van der Waals surface area contributed by atoms with Gasteiger partial charge in [-0.15, -0.1) is 0 Å². The second-order valence-corrected chi connectivity index (χ2v) is 10.0. The highest BCUT2D eigenvalue weighted by molar-refractivity contribution is 7.89. The molecule has 1 heterocycles. The quantitative estimate of drug-likeness (QED) is 0.499. The Morgan fingerprint density at radius 2 is 1.59 bits per heavy atom. The van der Waals surface area contributed by atoms with E-state index in [1.807, 2.05) is 0 Å². The molecule has 0 aromatic heterocycles. The number of carboxylic acid groups (broad SMARTS) is 1. The summed E-state index contributed by atoms with van der Waals surface area (Å²) < 4.78 is 73.7. The molecular weight excluding hydrogens is 513 g/mol. The van der Waals surface area contributed by atoms with Crippen LogP contribution in [0.25, 0.3) is 0 Å². The normalized spacial score (nSPS) is 16.5. The summed E-state index contributed by atoms with van der Waals surface area (Å²) in [5, 5.41) is 12.2. The van der Waals surface area contributed by atoms with Crippen LogP contribution in [0.4, 0.5) is 18.9 Å². The molecular formula is C25H20F3N2O6S-. The molecule has 12 heteroatoms. The molecule has 1 aliphatic heterocycles. The molecule has 3 aromatic rings. The van der Waals surface area contributed by atoms with Gasteiger partial charge in [-0.25, -0.2) is 8.42 Å². The number of aliphatic carboxylic acids is 1. The lowest BCUT2D eigenvalue weighted by atomic mass is 10.0. The number of hydrogen-bond acceptors (Lipinski definition) is 6. The molecule has 4 rings (SSSR count). The van der Waals surface area contributed by atoms with Gasteiger partial charge in [0.05, 0.1) is 35.1 Å². The Morgan fingerprint density at radius 3 is 2.22 bits per heavy atom. The van der Waals surface area contributed by atoms with Gasteiger partial charge >= 0.3 is 6.18 Å². The van der Waals surface area contributed by atoms with E-state index in [-0.39, 0.29) is 16.1 Å². The zero-order valence-corrected chi connectivity index (χ0v) is 20.1. The van der Waals surface area contributed by atoms with Crippen LogP contribution in [0.2, 0.25) is 0 Å². The van der Waals surface area contributed by atoms with Gasteiger partial charge in [0, 0.05) is 18.8 Å². The number of fused-ring (bicyclic) bond motifs is 1. The van der Waals surface area contributed by atoms with Crippen LogP contribution in [-0.4, -0.2) is 44.3 Å². The van der Waals surface area contributed by atoms with Crippen molar-refractivity contribution in [3.05, 3.63) is 89.5 Å². The summed E-state index contributed by atoms with van der Waals surface area (Å²) in [5.74, 6) is -2.57. The lowest BCUT2D eigenvalue weighted by Gasteiger charge is -2.32. The monoisotopic (exact) mass is 533 g/mol. The first-order chi connectivity index (χ1) is 17.4. The Kier molecular flexibility index (Phi) is 6.98. The fourth-order valence-electron chi connectivity index (χ4n) is 4.13. The van der Waals surface area contributed by atoms with Gasteiger partial charge in [0.25, 0.3) is 5.91 Å². The summed E-state index contributed by atoms with van der Waals surface area (Å²) in [6.45, 7) is -1.24. The van der Waals surface area contributed by atoms with E-state index < -0.39 is 58.3 Å². The zero-order chi connectivity index (χ0) is 27.0. The summed E-state index contributed by atoms with van der Waals surface area (Å²) in [6.07, 6.45) is -4.85. The van der Waals surface area contributed by atoms with Crippen molar-refractivity contribution in [2.24, 2.45) is 0 Å². The second-order valence-electron chi connectivity index (χ2n) is 8.15. The van der Waals surface area contributed by atoms with E-state index in [0.29, 0.717) is 10.1 Å². The third-order valence-electron chi connectivity index (χ3n) is 5.96. The summed E-state index contributed by atoms with van der Waals surface area (Å²) in [5.41, 5.74) is -1.59. The van der Waals surface area contributed by atoms with Gasteiger partial charge in [0.2, 0.25) is 10.0 Å². The smallest absolute Gasteiger partial charge is 0.417 e. The highest BCUT2D eigenvalue weighted by Crippen LogP contribution is 2.36. The van der Waals surface area contributed by atoms with E-state index in [9.17, 15) is 36.3 Å². The number of carboxylic acids is 1. The van der Waals surface area contributed by atoms with Crippen LogP contribution in [0.15, 0.2) is 77.7 Å². The van der Waals surface area contributed by atoms with Gasteiger partial charge < -0.3 is 19.5 Å². The number of carbonyl (C=O) groups excluding carboxylic acids is 2. The number of alkyl halides is 3. The van der Waals surface area contributed by atoms with Crippen molar-refractivity contribution in [3.8, 4) is 5.75 Å². The molecule has 1 aliphatic rings. The van der Waals surface area contributed by atoms with Crippen molar-refractivity contribution >= 4 is 27.6 Å². The first-order valence-corrected chi connectivity index (χ1v) is 12.3. The predicted molar refractivity (Wildman–Crippen MR) is 124 cm³/mol. The molecule has 0 spiro atoms. The number of para-hydroxylation sites is 1. The minimum absolute atomic E-state index is 0.0863. The third-order valence-corrected chi connectivity index (χ3v) is 7.83. The average Bonchev–Trinajstić information content (AvgIpc) is 3.06. The van der Waals surface area contributed by atoms with Crippen molar-refractivity contribution in [3.63, 3.8) is 0 Å². The molecule has 1 amide bonds. The number of nitrogens with zero attached hydrogens (tertiary/aromatic N) is 2. The highest BCUT2D eigenvalue weighted by atomic mass is 32.2. The van der Waals surface area contributed by atoms with Crippen LogP contribution in [0.3, 0.4) is 0 Å². The van der Waals surface area contributed by atoms with Gasteiger partial charge in [0.1, 0.15) is 5.75 Å². The standard InChI is InChI=1S/C25H21F3N2O6S/c1-36-17-10-12-18(13-11-17)37(34,35)30-14-16-6-2-5-9-21(16)29(15-22(30)24(32)33)23(31)19-7-3-4-8-20(19)25(26,27)28/h2-13,22H,14-15H2,1H3,(H,32,33)/p-1. The Morgan fingerprint density at radius 1 is 0.973 bits per heavy atom. The van der Waals surface area contributed by atoms with E-state index in [1.54, 1.807) is 6.07 Å². The maximum Gasteiger partial charge on any atom is 0.417 e. The molecule has 3 aromatic carbocycles. The van der Waals surface area contributed by atoms with E-state index in [1.165, 1.54) is 55.6 Å². The van der Waals surface area contributed by atoms with E-state index in [2.05, 4.69) is 0 Å². The first kappa shape index (κ1) is 26.2. The number of amides is 1. The maximum atomic E-state index is 13.6. The predicted octanol–water partition coefficient (Wildman–Crippen LogP) is 2.68. The van der Waals surface area contributed by atoms with Crippen molar-refractivity contribution in [2.45, 2.75) is 23.7 Å². The summed E-state index contributed by atoms with van der Waals surface area (Å²) in [7, 11) is -3.06. The van der Waals surface area contributed by atoms with Crippen molar-refractivity contribution in [2.75, 3.05) is 18.6 Å². The third kappa shape index (κ3) is 5.02. The number of carbonyl (C=O) groups is 2. The molecule has 0 aliphatic carbocycles. The minimum atomic E-state index is -4.85. The Labute approximate surface area is 210 Å². The van der Waals surface area contributed by atoms with Crippen molar-refractivity contribution in [1.82, 2.24) is 4.31 Å². The van der Waals surface area contributed by atoms with Gasteiger partial charge in [-0.1, -0.05) is 30.3 Å². The number of ether oxygens (including phenoxy) is 1. The second kappa shape index (κ2) is 9.87. The van der Waals surface area contributed by atoms with Crippen LogP contribution >= 0.6 is 0 Å². The number of anilines is 1. The van der Waals surface area contributed by atoms with Crippen LogP contribution in [0, 0.1) is 0 Å². The molecule has 0 fully saturated rings. The number of sulfonamides is 1. The topological polar surface area (TPSA) is 107 Å². The van der Waals surface area contributed by atoms with E-state index >= 15 is 0 Å². The van der Waals surface area contributed by atoms with Crippen molar-refractivity contribution < 1.29 is 41.0 Å². The maximum absolute atomic E-state index is 13.6. The molecule has 0 saturated carbocycles. The van der Waals surface area contributed by atoms with Gasteiger partial charge in [-0.2, -0.15) is 17.5 Å². The fraction of sp³-hybridized carbons (Fsp3) is 0.200. The van der Waals surface area contributed by atoms with Crippen LogP contribution in [0.1, 0.15) is 21.5 Å². The SMILES string of the molecule is COc1ccc(S(=O)(=O)N2Cc3ccccc3N(C(=O)c3ccccc3C(F)(F)F)CC2C(=O)[O-])cc1. The van der Waals surface area contributed by atoms with Crippen LogP contribution in [0.5, 0.6) is 5.75 Å². The molecule has 194 valence electrons.